The van der Waals surface area contributed by atoms with Gasteiger partial charge in [0.05, 0.1) is 5.57 Å². The predicted octanol–water partition coefficient (Wildman–Crippen LogP) is 0.453. The third kappa shape index (κ3) is 3.56. The van der Waals surface area contributed by atoms with Crippen LogP contribution < -0.4 is 5.32 Å². The van der Waals surface area contributed by atoms with Crippen molar-refractivity contribution in [3.8, 4) is 0 Å². The number of likely N-dealkylation sites (tertiary alicyclic amines) is 2. The van der Waals surface area contributed by atoms with Crippen LogP contribution in [0, 0.1) is 0 Å². The van der Waals surface area contributed by atoms with Crippen molar-refractivity contribution in [2.24, 2.45) is 0 Å². The summed E-state index contributed by atoms with van der Waals surface area (Å²) in [7, 11) is 0. The Balaban J connectivity index is 1.65. The fourth-order valence-electron chi connectivity index (χ4n) is 4.08. The van der Waals surface area contributed by atoms with Gasteiger partial charge in [-0.2, -0.15) is 0 Å². The maximum absolute atomic E-state index is 12.8. The zero-order valence-electron chi connectivity index (χ0n) is 15.1. The molecule has 0 unspecified atom stereocenters. The smallest absolute Gasteiger partial charge is 0.335 e. The average Bonchev–Trinajstić information content (AvgIpc) is 3.15. The van der Waals surface area contributed by atoms with Gasteiger partial charge in [0.15, 0.2) is 0 Å². The monoisotopic (exact) mass is 349 g/mol. The van der Waals surface area contributed by atoms with E-state index in [1.54, 1.807) is 11.8 Å². The van der Waals surface area contributed by atoms with Crippen molar-refractivity contribution >= 4 is 17.8 Å². The largest absolute Gasteiger partial charge is 0.450 e. The first-order valence-electron chi connectivity index (χ1n) is 9.14. The molecule has 0 aromatic heterocycles. The number of ether oxygens (including phenoxy) is 1. The van der Waals surface area contributed by atoms with E-state index in [4.69, 9.17) is 4.74 Å². The van der Waals surface area contributed by atoms with Gasteiger partial charge in [0.1, 0.15) is 5.60 Å². The van der Waals surface area contributed by atoms with Gasteiger partial charge >= 0.3 is 5.97 Å². The molecule has 0 aromatic rings. The Morgan fingerprint density at radius 1 is 1.16 bits per heavy atom. The standard InChI is InChI=1S/C18H27N3O4/c1-13-15(16(23)19-7-12-20-8-3-4-9-20)18(25-17(13)24)5-10-21(11-6-18)14(2)22/h3-12H2,1-2H3,(H,19,23). The van der Waals surface area contributed by atoms with Crippen LogP contribution in [-0.2, 0) is 19.1 Å². The van der Waals surface area contributed by atoms with Gasteiger partial charge in [0.2, 0.25) is 5.91 Å². The van der Waals surface area contributed by atoms with Crippen molar-refractivity contribution in [2.75, 3.05) is 39.3 Å². The van der Waals surface area contributed by atoms with Gasteiger partial charge in [-0.25, -0.2) is 4.79 Å². The molecule has 3 rings (SSSR count). The third-order valence-corrected chi connectivity index (χ3v) is 5.58. The summed E-state index contributed by atoms with van der Waals surface area (Å²) in [5, 5.41) is 2.96. The molecule has 0 bridgehead atoms. The number of nitrogens with one attached hydrogen (secondary N) is 1. The molecule has 7 heteroatoms. The van der Waals surface area contributed by atoms with E-state index in [0.717, 1.165) is 19.6 Å². The highest BCUT2D eigenvalue weighted by atomic mass is 16.6. The number of rotatable bonds is 4. The molecule has 7 nitrogen and oxygen atoms in total. The molecule has 2 saturated heterocycles. The Morgan fingerprint density at radius 2 is 1.80 bits per heavy atom. The summed E-state index contributed by atoms with van der Waals surface area (Å²) in [5.41, 5.74) is -0.0118. The first-order chi connectivity index (χ1) is 11.9. The summed E-state index contributed by atoms with van der Waals surface area (Å²) in [4.78, 5) is 40.5. The van der Waals surface area contributed by atoms with Crippen LogP contribution in [0.1, 0.15) is 39.5 Å². The van der Waals surface area contributed by atoms with E-state index < -0.39 is 11.6 Å². The highest BCUT2D eigenvalue weighted by Gasteiger charge is 2.50. The van der Waals surface area contributed by atoms with Crippen molar-refractivity contribution in [2.45, 2.75) is 45.1 Å². The molecular formula is C18H27N3O4. The van der Waals surface area contributed by atoms with E-state index in [9.17, 15) is 14.4 Å². The second kappa shape index (κ2) is 7.15. The van der Waals surface area contributed by atoms with Crippen LogP contribution in [-0.4, -0.2) is 72.5 Å². The van der Waals surface area contributed by atoms with Gasteiger partial charge in [0, 0.05) is 51.5 Å². The fourth-order valence-corrected chi connectivity index (χ4v) is 4.08. The fraction of sp³-hybridized carbons (Fsp3) is 0.722. The van der Waals surface area contributed by atoms with Gasteiger partial charge < -0.3 is 19.9 Å². The lowest BCUT2D eigenvalue weighted by Crippen LogP contribution is -2.50. The van der Waals surface area contributed by atoms with E-state index in [1.165, 1.54) is 19.8 Å². The topological polar surface area (TPSA) is 78.9 Å². The highest BCUT2D eigenvalue weighted by Crippen LogP contribution is 2.41. The Hall–Kier alpha value is -1.89. The lowest BCUT2D eigenvalue weighted by Gasteiger charge is -2.39. The lowest BCUT2D eigenvalue weighted by atomic mass is 9.82. The minimum absolute atomic E-state index is 0.0106. The number of carbonyl (C=O) groups excluding carboxylic acids is 3. The van der Waals surface area contributed by atoms with Crippen molar-refractivity contribution in [3.63, 3.8) is 0 Å². The van der Waals surface area contributed by atoms with Crippen LogP contribution in [0.15, 0.2) is 11.1 Å². The summed E-state index contributed by atoms with van der Waals surface area (Å²) in [6, 6.07) is 0. The predicted molar refractivity (Wildman–Crippen MR) is 91.7 cm³/mol. The van der Waals surface area contributed by atoms with E-state index in [2.05, 4.69) is 10.2 Å². The Bertz CT molecular complexity index is 599. The Labute approximate surface area is 148 Å². The molecule has 2 fully saturated rings. The minimum Gasteiger partial charge on any atom is -0.450 e. The van der Waals surface area contributed by atoms with E-state index in [-0.39, 0.29) is 11.8 Å². The van der Waals surface area contributed by atoms with Gasteiger partial charge in [-0.3, -0.25) is 9.59 Å². The van der Waals surface area contributed by atoms with Crippen LogP contribution in [0.5, 0.6) is 0 Å². The molecule has 0 radical (unpaired) electrons. The van der Waals surface area contributed by atoms with Gasteiger partial charge in [0.25, 0.3) is 5.91 Å². The zero-order chi connectivity index (χ0) is 18.0. The number of nitrogens with zero attached hydrogens (tertiary/aromatic N) is 2. The van der Waals surface area contributed by atoms with Crippen LogP contribution in [0.3, 0.4) is 0 Å². The zero-order valence-corrected chi connectivity index (χ0v) is 15.1. The number of carbonyl (C=O) groups is 3. The molecule has 0 aromatic carbocycles. The van der Waals surface area contributed by atoms with E-state index in [1.807, 2.05) is 0 Å². The molecule has 3 aliphatic heterocycles. The Morgan fingerprint density at radius 3 is 2.40 bits per heavy atom. The number of hydrogen-bond acceptors (Lipinski definition) is 5. The molecule has 1 N–H and O–H groups in total. The molecule has 3 heterocycles. The van der Waals surface area contributed by atoms with Gasteiger partial charge in [-0.05, 0) is 32.9 Å². The first kappa shape index (κ1) is 17.9. The van der Waals surface area contributed by atoms with Crippen molar-refractivity contribution in [3.05, 3.63) is 11.1 Å². The number of piperidine rings is 1. The van der Waals surface area contributed by atoms with Crippen molar-refractivity contribution in [1.82, 2.24) is 15.1 Å². The maximum Gasteiger partial charge on any atom is 0.335 e. The second-order valence-electron chi connectivity index (χ2n) is 7.19. The summed E-state index contributed by atoms with van der Waals surface area (Å²) in [6.45, 7) is 7.77. The number of esters is 1. The molecule has 2 amide bonds. The van der Waals surface area contributed by atoms with Crippen molar-refractivity contribution < 1.29 is 19.1 Å². The van der Waals surface area contributed by atoms with E-state index >= 15 is 0 Å². The molecule has 0 saturated carbocycles. The average molecular weight is 349 g/mol. The molecule has 0 aliphatic carbocycles. The molecule has 1 spiro atoms. The van der Waals surface area contributed by atoms with E-state index in [0.29, 0.717) is 43.6 Å². The summed E-state index contributed by atoms with van der Waals surface area (Å²) in [6.07, 6.45) is 3.39. The third-order valence-electron chi connectivity index (χ3n) is 5.58. The normalized spacial score (nSPS) is 23.3. The van der Waals surface area contributed by atoms with Gasteiger partial charge in [-0.1, -0.05) is 0 Å². The SMILES string of the molecule is CC(=O)N1CCC2(CC1)OC(=O)C(C)=C2C(=O)NCCN1CCCC1. The van der Waals surface area contributed by atoms with Crippen LogP contribution >= 0.6 is 0 Å². The van der Waals surface area contributed by atoms with Crippen LogP contribution in [0.4, 0.5) is 0 Å². The maximum atomic E-state index is 12.8. The molecule has 138 valence electrons. The number of amides is 2. The molecular weight excluding hydrogens is 322 g/mol. The first-order valence-corrected chi connectivity index (χ1v) is 9.14. The van der Waals surface area contributed by atoms with Crippen LogP contribution in [0.25, 0.3) is 0 Å². The highest BCUT2D eigenvalue weighted by molar-refractivity contribution is 6.07. The quantitative estimate of drug-likeness (QED) is 0.746. The van der Waals surface area contributed by atoms with Crippen molar-refractivity contribution in [1.29, 1.82) is 0 Å². The summed E-state index contributed by atoms with van der Waals surface area (Å²) in [5.74, 6) is -0.615. The summed E-state index contributed by atoms with van der Waals surface area (Å²) >= 11 is 0. The summed E-state index contributed by atoms with van der Waals surface area (Å²) < 4.78 is 5.62. The molecule has 0 atom stereocenters. The Kier molecular flexibility index (Phi) is 5.13. The van der Waals surface area contributed by atoms with Crippen LogP contribution in [0.2, 0.25) is 0 Å². The molecule has 25 heavy (non-hydrogen) atoms. The molecule has 3 aliphatic rings. The lowest BCUT2D eigenvalue weighted by molar-refractivity contribution is -0.152. The minimum atomic E-state index is -0.870. The second-order valence-corrected chi connectivity index (χ2v) is 7.19. The number of hydrogen-bond donors (Lipinski definition) is 1. The van der Waals surface area contributed by atoms with Gasteiger partial charge in [-0.15, -0.1) is 0 Å².